The number of esters is 1. The van der Waals surface area contributed by atoms with Gasteiger partial charge in [0.2, 0.25) is 0 Å². The highest BCUT2D eigenvalue weighted by molar-refractivity contribution is 5.89. The Balaban J connectivity index is 1.00. The van der Waals surface area contributed by atoms with Gasteiger partial charge in [0, 0.05) is 52.1 Å². The molecule has 0 bridgehead atoms. The van der Waals surface area contributed by atoms with Crippen LogP contribution in [0.25, 0.3) is 0 Å². The van der Waals surface area contributed by atoms with Crippen molar-refractivity contribution in [3.63, 3.8) is 0 Å². The summed E-state index contributed by atoms with van der Waals surface area (Å²) in [5.74, 6) is -1.67. The lowest BCUT2D eigenvalue weighted by Crippen LogP contribution is -2.78. The summed E-state index contributed by atoms with van der Waals surface area (Å²) in [4.78, 5) is 26.5. The largest absolute Gasteiger partial charge is 0.458 e. The molecule has 0 unspecified atom stereocenters. The lowest BCUT2D eigenvalue weighted by Gasteiger charge is -2.67. The first-order valence-corrected chi connectivity index (χ1v) is 23.0. The van der Waals surface area contributed by atoms with Gasteiger partial charge < -0.3 is 67.8 Å². The van der Waals surface area contributed by atoms with E-state index in [-0.39, 0.29) is 44.0 Å². The molecule has 3 saturated heterocycles. The summed E-state index contributed by atoms with van der Waals surface area (Å²) in [6, 6.07) is 0. The number of fused-ring (bicyclic) bond motifs is 5. The third-order valence-electron chi connectivity index (χ3n) is 16.9. The number of carbonyl (C=O) groups excluding carboxylic acids is 2. The minimum atomic E-state index is -2.01. The smallest absolute Gasteiger partial charge is 0.333 e. The van der Waals surface area contributed by atoms with Crippen LogP contribution in [0, 0.1) is 16.7 Å². The van der Waals surface area contributed by atoms with Gasteiger partial charge in [0.05, 0.1) is 48.1 Å². The molecule has 3 aliphatic heterocycles. The molecule has 4 N–H and O–H groups in total. The Labute approximate surface area is 372 Å². The number of Topliss-reactive ketones (excluding diaryl/α,β-unsaturated/α-hetero) is 1. The van der Waals surface area contributed by atoms with Gasteiger partial charge in [0.1, 0.15) is 41.2 Å². The maximum Gasteiger partial charge on any atom is 0.333 e. The van der Waals surface area contributed by atoms with Gasteiger partial charge in [-0.3, -0.25) is 4.79 Å². The molecule has 0 aromatic rings. The van der Waals surface area contributed by atoms with E-state index < -0.39 is 113 Å². The number of hydrogen-bond acceptors (Lipinski definition) is 16. The third kappa shape index (κ3) is 8.12. The van der Waals surface area contributed by atoms with Crippen LogP contribution >= 0.6 is 0 Å². The van der Waals surface area contributed by atoms with Crippen LogP contribution in [0.15, 0.2) is 23.3 Å². The zero-order chi connectivity index (χ0) is 46.0. The van der Waals surface area contributed by atoms with E-state index in [0.717, 1.165) is 5.57 Å². The number of allylic oxidation sites excluding steroid dienone is 1. The van der Waals surface area contributed by atoms with E-state index in [4.69, 9.17) is 47.4 Å². The molecule has 358 valence electrons. The Kier molecular flexibility index (Phi) is 14.2. The highest BCUT2D eigenvalue weighted by Gasteiger charge is 2.81. The van der Waals surface area contributed by atoms with Crippen LogP contribution in [-0.2, 0) is 57.0 Å². The molecule has 4 aliphatic carbocycles. The Morgan fingerprint density at radius 1 is 0.762 bits per heavy atom. The lowest BCUT2D eigenvalue weighted by molar-refractivity contribution is -0.338. The molecule has 3 heterocycles. The van der Waals surface area contributed by atoms with Gasteiger partial charge in [-0.15, -0.1) is 0 Å². The first-order valence-electron chi connectivity index (χ1n) is 23.0. The maximum absolute atomic E-state index is 13.3. The van der Waals surface area contributed by atoms with Crippen molar-refractivity contribution in [2.24, 2.45) is 16.7 Å². The molecule has 7 rings (SSSR count). The van der Waals surface area contributed by atoms with Gasteiger partial charge in [0.25, 0.3) is 0 Å². The Bertz CT molecular complexity index is 1740. The molecule has 20 atom stereocenters. The van der Waals surface area contributed by atoms with E-state index in [0.29, 0.717) is 44.1 Å². The molecule has 3 saturated carbocycles. The van der Waals surface area contributed by atoms with Crippen molar-refractivity contribution in [1.29, 1.82) is 0 Å². The number of ketones is 1. The topological polar surface area (TPSA) is 207 Å². The predicted molar refractivity (Wildman–Crippen MR) is 225 cm³/mol. The first-order chi connectivity index (χ1) is 29.6. The van der Waals surface area contributed by atoms with Gasteiger partial charge in [-0.25, -0.2) is 4.79 Å². The molecule has 0 spiro atoms. The fraction of sp³-hybridized carbons (Fsp3) is 0.872. The predicted octanol–water partition coefficient (Wildman–Crippen LogP) is 3.95. The summed E-state index contributed by atoms with van der Waals surface area (Å²) in [5.41, 5.74) is -6.45. The number of hydrogen-bond donors (Lipinski definition) is 4. The summed E-state index contributed by atoms with van der Waals surface area (Å²) < 4.78 is 62.0. The van der Waals surface area contributed by atoms with Crippen molar-refractivity contribution in [2.75, 3.05) is 21.3 Å². The number of methoxy groups -OCH3 is 3. The molecule has 7 aliphatic rings. The van der Waals surface area contributed by atoms with Crippen molar-refractivity contribution in [2.45, 2.75) is 222 Å². The van der Waals surface area contributed by atoms with E-state index in [1.807, 2.05) is 19.9 Å². The van der Waals surface area contributed by atoms with Gasteiger partial charge in [0.15, 0.2) is 24.7 Å². The first kappa shape index (κ1) is 49.0. The van der Waals surface area contributed by atoms with Crippen LogP contribution in [0.5, 0.6) is 0 Å². The number of rotatable bonds is 12. The quantitative estimate of drug-likeness (QED) is 0.124. The standard InChI is InChI=1S/C47H74O16/c1-12-24(2)42(50)61-35-23-34-43(7)15-14-30(19-29(43)13-16-46(34,52)47(53)18-17-45(51,28(6)48)44(35,47)8)60-36-21-32(55-10)40(26(4)58-36)63-38-22-33(56-11)41(27(5)59-38)62-37-20-31(54-9)39(49)25(3)57-37/h12-13,25-27,30-41,49,51-53H,14-23H2,1-11H3/b24-12+/t25-,26-,27-,30+,31-,32+,33+,34-,35-,36+,37+,38+,39-,40-,41-,43+,44-,45-,46+,47-/m1/s1. The summed E-state index contributed by atoms with van der Waals surface area (Å²) in [7, 11) is 4.84. The fourth-order valence-electron chi connectivity index (χ4n) is 12.7. The van der Waals surface area contributed by atoms with E-state index in [1.165, 1.54) is 6.92 Å². The zero-order valence-corrected chi connectivity index (χ0v) is 39.1. The molecule has 0 aromatic heterocycles. The molecule has 0 radical (unpaired) electrons. The van der Waals surface area contributed by atoms with Crippen molar-refractivity contribution < 1.29 is 77.4 Å². The van der Waals surface area contributed by atoms with E-state index in [9.17, 15) is 30.0 Å². The van der Waals surface area contributed by atoms with Crippen molar-refractivity contribution in [3.05, 3.63) is 23.3 Å². The molecular formula is C47H74O16. The summed E-state index contributed by atoms with van der Waals surface area (Å²) in [5, 5.41) is 48.1. The zero-order valence-electron chi connectivity index (χ0n) is 39.1. The second-order valence-corrected chi connectivity index (χ2v) is 19.9. The number of carbonyl (C=O) groups is 2. The SMILES string of the molecule is C/C=C(\C)C(=O)O[C@@H]1C[C@@H]2[C@@]3(C)CC[C@H](O[C@H]4C[C@H](OC)[C@H](O[C@H]5C[C@H](OC)[C@H](O[C@H]6C[C@@H](OC)[C@H](O)[C@@H](C)O6)[C@@H](C)O5)[C@@H](C)O4)CC3=CC[C@@]2(O)[C@@]2(O)CC[C@@](O)(C(C)=O)[C@@]12C. The molecule has 16 nitrogen and oxygen atoms in total. The van der Waals surface area contributed by atoms with E-state index >= 15 is 0 Å². The molecule has 6 fully saturated rings. The van der Waals surface area contributed by atoms with Crippen LogP contribution < -0.4 is 0 Å². The Morgan fingerprint density at radius 2 is 1.30 bits per heavy atom. The van der Waals surface area contributed by atoms with Crippen LogP contribution in [0.3, 0.4) is 0 Å². The lowest BCUT2D eigenvalue weighted by atomic mass is 9.42. The summed E-state index contributed by atoms with van der Waals surface area (Å²) >= 11 is 0. The monoisotopic (exact) mass is 894 g/mol. The average Bonchev–Trinajstić information content (AvgIpc) is 3.48. The Hall–Kier alpha value is -1.90. The van der Waals surface area contributed by atoms with E-state index in [2.05, 4.69) is 6.92 Å². The molecule has 0 amide bonds. The highest BCUT2D eigenvalue weighted by atomic mass is 16.7. The number of ether oxygens (including phenoxy) is 10. The second kappa shape index (κ2) is 18.3. The van der Waals surface area contributed by atoms with Crippen LogP contribution in [0.1, 0.15) is 120 Å². The minimum absolute atomic E-state index is 0.0259. The normalized spacial score (nSPS) is 50.2. The van der Waals surface area contributed by atoms with Gasteiger partial charge in [-0.05, 0) is 98.8 Å². The van der Waals surface area contributed by atoms with Crippen molar-refractivity contribution in [1.82, 2.24) is 0 Å². The van der Waals surface area contributed by atoms with Gasteiger partial charge in [-0.2, -0.15) is 0 Å². The minimum Gasteiger partial charge on any atom is -0.458 e. The van der Waals surface area contributed by atoms with Gasteiger partial charge in [-0.1, -0.05) is 24.6 Å². The van der Waals surface area contributed by atoms with Crippen LogP contribution in [0.4, 0.5) is 0 Å². The van der Waals surface area contributed by atoms with Crippen molar-refractivity contribution >= 4 is 11.8 Å². The second-order valence-electron chi connectivity index (χ2n) is 19.9. The highest BCUT2D eigenvalue weighted by Crippen LogP contribution is 2.71. The maximum atomic E-state index is 13.3. The molecular weight excluding hydrogens is 821 g/mol. The molecule has 16 heteroatoms. The number of aliphatic hydroxyl groups is 4. The van der Waals surface area contributed by atoms with Crippen molar-refractivity contribution in [3.8, 4) is 0 Å². The molecule has 0 aromatic carbocycles. The summed E-state index contributed by atoms with van der Waals surface area (Å²) in [6.07, 6.45) is -0.386. The summed E-state index contributed by atoms with van der Waals surface area (Å²) in [6.45, 7) is 14.0. The average molecular weight is 895 g/mol. The third-order valence-corrected chi connectivity index (χ3v) is 16.9. The molecule has 63 heavy (non-hydrogen) atoms. The van der Waals surface area contributed by atoms with Crippen LogP contribution in [0.2, 0.25) is 0 Å². The Morgan fingerprint density at radius 3 is 1.84 bits per heavy atom. The van der Waals surface area contributed by atoms with Gasteiger partial charge >= 0.3 is 5.97 Å². The fourth-order valence-corrected chi connectivity index (χ4v) is 12.7. The van der Waals surface area contributed by atoms with E-state index in [1.54, 1.807) is 55.1 Å². The van der Waals surface area contributed by atoms with Crippen LogP contribution in [-0.4, -0.2) is 156 Å². The number of aliphatic hydroxyl groups excluding tert-OH is 1.